The van der Waals surface area contributed by atoms with Crippen molar-refractivity contribution in [2.24, 2.45) is 0 Å². The number of hydrogen-bond acceptors (Lipinski definition) is 7. The lowest BCUT2D eigenvalue weighted by atomic mass is 10.0. The van der Waals surface area contributed by atoms with Crippen LogP contribution in [0.1, 0.15) is 68.0 Å². The Morgan fingerprint density at radius 2 is 1.76 bits per heavy atom. The number of ether oxygens (including phenoxy) is 2. The molecule has 1 aromatic carbocycles. The smallest absolute Gasteiger partial charge is 0.254 e. The summed E-state index contributed by atoms with van der Waals surface area (Å²) in [4.78, 5) is 21.0. The van der Waals surface area contributed by atoms with Crippen LogP contribution in [-0.2, 0) is 9.84 Å². The number of unbranched alkanes of at least 4 members (excludes halogenated alkanes) is 2. The first-order valence-corrected chi connectivity index (χ1v) is 15.2. The third-order valence-corrected chi connectivity index (χ3v) is 8.90. The van der Waals surface area contributed by atoms with Gasteiger partial charge in [0.25, 0.3) is 5.91 Å². The second-order valence-corrected chi connectivity index (χ2v) is 12.1. The van der Waals surface area contributed by atoms with Crippen molar-refractivity contribution < 1.29 is 22.7 Å². The molecule has 4 rings (SSSR count). The van der Waals surface area contributed by atoms with E-state index in [0.717, 1.165) is 31.2 Å². The Morgan fingerprint density at radius 3 is 2.34 bits per heavy atom. The van der Waals surface area contributed by atoms with Crippen molar-refractivity contribution in [2.45, 2.75) is 58.9 Å². The van der Waals surface area contributed by atoms with E-state index in [4.69, 9.17) is 19.6 Å². The summed E-state index contributed by atoms with van der Waals surface area (Å²) in [6.45, 7) is 7.45. The van der Waals surface area contributed by atoms with Gasteiger partial charge in [0.2, 0.25) is 0 Å². The normalized spacial score (nSPS) is 16.6. The molecule has 10 heteroatoms. The molecule has 0 N–H and O–H groups in total. The van der Waals surface area contributed by atoms with Gasteiger partial charge >= 0.3 is 0 Å². The second-order valence-electron chi connectivity index (χ2n) is 9.91. The molecule has 1 aliphatic rings. The van der Waals surface area contributed by atoms with E-state index in [2.05, 4.69) is 13.8 Å². The zero-order chi connectivity index (χ0) is 27.4. The molecule has 3 aromatic rings. The minimum Gasteiger partial charge on any atom is -0.493 e. The predicted molar refractivity (Wildman–Crippen MR) is 149 cm³/mol. The summed E-state index contributed by atoms with van der Waals surface area (Å²) < 4.78 is 37.2. The lowest BCUT2D eigenvalue weighted by Gasteiger charge is -2.23. The number of carbonyl (C=O) groups excluding carboxylic acids is 1. The number of amides is 1. The number of pyridine rings is 1. The largest absolute Gasteiger partial charge is 0.493 e. The summed E-state index contributed by atoms with van der Waals surface area (Å²) in [5.41, 5.74) is 3.10. The van der Waals surface area contributed by atoms with Crippen LogP contribution in [0.25, 0.3) is 22.3 Å². The number of sulfone groups is 1. The topological polar surface area (TPSA) is 104 Å². The van der Waals surface area contributed by atoms with Crippen molar-refractivity contribution >= 4 is 26.8 Å². The molecule has 3 heterocycles. The van der Waals surface area contributed by atoms with Crippen LogP contribution >= 0.6 is 0 Å². The van der Waals surface area contributed by atoms with Crippen LogP contribution in [0, 0.1) is 6.92 Å². The fraction of sp³-hybridized carbons (Fsp3) is 0.536. The monoisotopic (exact) mass is 542 g/mol. The highest BCUT2D eigenvalue weighted by Gasteiger charge is 2.33. The summed E-state index contributed by atoms with van der Waals surface area (Å²) in [6.07, 6.45) is 4.30. The second kappa shape index (κ2) is 11.7. The maximum absolute atomic E-state index is 14.1. The molecule has 2 aromatic heterocycles. The standard InChI is InChI=1S/C28H38N4O5S/c1-6-8-13-31(14-9-7-2)28(33)22-17-23(20-10-11-24(36-4)25(16-20)37-5)29-27-26(22)19(3)30-32(27)21-12-15-38(34,35)18-21/h10-11,16-17,21H,6-9,12-15,18H2,1-5H3. The van der Waals surface area contributed by atoms with E-state index >= 15 is 0 Å². The van der Waals surface area contributed by atoms with Crippen LogP contribution in [0.3, 0.4) is 0 Å². The molecule has 0 spiro atoms. The molecular weight excluding hydrogens is 504 g/mol. The number of benzene rings is 1. The van der Waals surface area contributed by atoms with Crippen LogP contribution in [0.5, 0.6) is 11.5 Å². The van der Waals surface area contributed by atoms with Crippen LogP contribution in [0.2, 0.25) is 0 Å². The highest BCUT2D eigenvalue weighted by atomic mass is 32.2. The van der Waals surface area contributed by atoms with Crippen LogP contribution in [-0.4, -0.2) is 72.8 Å². The number of fused-ring (bicyclic) bond motifs is 1. The van der Waals surface area contributed by atoms with Gasteiger partial charge in [-0.15, -0.1) is 0 Å². The van der Waals surface area contributed by atoms with E-state index in [0.29, 0.717) is 59.0 Å². The van der Waals surface area contributed by atoms with Gasteiger partial charge in [-0.2, -0.15) is 5.10 Å². The molecule has 0 saturated carbocycles. The predicted octanol–water partition coefficient (Wildman–Crippen LogP) is 4.83. The van der Waals surface area contributed by atoms with Gasteiger partial charge in [-0.25, -0.2) is 18.1 Å². The molecule has 9 nitrogen and oxygen atoms in total. The molecule has 1 fully saturated rings. The van der Waals surface area contributed by atoms with Crippen LogP contribution in [0.4, 0.5) is 0 Å². The highest BCUT2D eigenvalue weighted by Crippen LogP contribution is 2.35. The van der Waals surface area contributed by atoms with Gasteiger partial charge in [-0.1, -0.05) is 26.7 Å². The molecule has 206 valence electrons. The van der Waals surface area contributed by atoms with Gasteiger partial charge < -0.3 is 14.4 Å². The Kier molecular flexibility index (Phi) is 8.60. The first kappa shape index (κ1) is 27.9. The van der Waals surface area contributed by atoms with Gasteiger partial charge in [0, 0.05) is 18.7 Å². The summed E-state index contributed by atoms with van der Waals surface area (Å²) in [5.74, 6) is 1.24. The van der Waals surface area contributed by atoms with Gasteiger partial charge in [0.15, 0.2) is 27.0 Å². The molecule has 38 heavy (non-hydrogen) atoms. The molecule has 1 saturated heterocycles. The van der Waals surface area contributed by atoms with Crippen molar-refractivity contribution in [3.63, 3.8) is 0 Å². The van der Waals surface area contributed by atoms with Crippen LogP contribution < -0.4 is 9.47 Å². The SMILES string of the molecule is CCCCN(CCCC)C(=O)c1cc(-c2ccc(OC)c(OC)c2)nc2c1c(C)nn2C1CCS(=O)(=O)C1. The minimum atomic E-state index is -3.14. The van der Waals surface area contributed by atoms with E-state index in [-0.39, 0.29) is 23.5 Å². The van der Waals surface area contributed by atoms with Crippen molar-refractivity contribution in [1.82, 2.24) is 19.7 Å². The van der Waals surface area contributed by atoms with Gasteiger partial charge in [-0.05, 0) is 50.5 Å². The van der Waals surface area contributed by atoms with Crippen molar-refractivity contribution in [3.05, 3.63) is 35.5 Å². The third-order valence-electron chi connectivity index (χ3n) is 7.15. The molecule has 1 unspecified atom stereocenters. The Bertz CT molecular complexity index is 1410. The number of aryl methyl sites for hydroxylation is 1. The first-order valence-electron chi connectivity index (χ1n) is 13.3. The van der Waals surface area contributed by atoms with Crippen LogP contribution in [0.15, 0.2) is 24.3 Å². The minimum absolute atomic E-state index is 0.0217. The van der Waals surface area contributed by atoms with E-state index in [1.165, 1.54) is 0 Å². The van der Waals surface area contributed by atoms with E-state index in [9.17, 15) is 13.2 Å². The number of nitrogens with zero attached hydrogens (tertiary/aromatic N) is 4. The number of rotatable bonds is 11. The lowest BCUT2D eigenvalue weighted by molar-refractivity contribution is 0.0753. The Balaban J connectivity index is 1.92. The van der Waals surface area contributed by atoms with Gasteiger partial charge in [-0.3, -0.25) is 4.79 Å². The lowest BCUT2D eigenvalue weighted by Crippen LogP contribution is -2.33. The summed E-state index contributed by atoms with van der Waals surface area (Å²) >= 11 is 0. The fourth-order valence-corrected chi connectivity index (χ4v) is 6.72. The zero-order valence-corrected chi connectivity index (χ0v) is 23.8. The third kappa shape index (κ3) is 5.65. The highest BCUT2D eigenvalue weighted by molar-refractivity contribution is 7.91. The molecule has 0 radical (unpaired) electrons. The summed E-state index contributed by atoms with van der Waals surface area (Å²) in [6, 6.07) is 7.04. The van der Waals surface area contributed by atoms with Gasteiger partial charge in [0.05, 0.1) is 54.1 Å². The average Bonchev–Trinajstić information content (AvgIpc) is 3.45. The summed E-state index contributed by atoms with van der Waals surface area (Å²) in [5, 5.41) is 5.42. The summed E-state index contributed by atoms with van der Waals surface area (Å²) in [7, 11) is 0.0184. The van der Waals surface area contributed by atoms with Crippen molar-refractivity contribution in [2.75, 3.05) is 38.8 Å². The molecule has 1 aliphatic heterocycles. The molecular formula is C28H38N4O5S. The maximum atomic E-state index is 14.1. The van der Waals surface area contributed by atoms with Crippen molar-refractivity contribution in [1.29, 1.82) is 0 Å². The Morgan fingerprint density at radius 1 is 1.08 bits per heavy atom. The Labute approximate surface area is 225 Å². The molecule has 1 atom stereocenters. The Hall–Kier alpha value is -3.14. The molecule has 1 amide bonds. The zero-order valence-electron chi connectivity index (χ0n) is 23.0. The van der Waals surface area contributed by atoms with E-state index < -0.39 is 9.84 Å². The van der Waals surface area contributed by atoms with Crippen molar-refractivity contribution in [3.8, 4) is 22.8 Å². The quantitative estimate of drug-likeness (QED) is 0.342. The molecule has 0 bridgehead atoms. The number of aromatic nitrogens is 3. The number of carbonyl (C=O) groups is 1. The van der Waals surface area contributed by atoms with E-state index in [1.807, 2.05) is 36.1 Å². The number of hydrogen-bond donors (Lipinski definition) is 0. The maximum Gasteiger partial charge on any atom is 0.254 e. The van der Waals surface area contributed by atoms with E-state index in [1.54, 1.807) is 18.9 Å². The van der Waals surface area contributed by atoms with Gasteiger partial charge in [0.1, 0.15) is 0 Å². The average molecular weight is 543 g/mol. The first-order chi connectivity index (χ1) is 18.2. The number of methoxy groups -OCH3 is 2. The fourth-order valence-electron chi connectivity index (χ4n) is 5.03. The molecule has 0 aliphatic carbocycles.